The number of hydrogen-bond acceptors (Lipinski definition) is 6. The summed E-state index contributed by atoms with van der Waals surface area (Å²) >= 11 is 0. The fourth-order valence-electron chi connectivity index (χ4n) is 4.02. The zero-order chi connectivity index (χ0) is 22.9. The maximum Gasteiger partial charge on any atom is 0.325 e. The minimum absolute atomic E-state index is 0.292. The first-order valence-electron chi connectivity index (χ1n) is 10.4. The molecular weight excluding hydrogens is 416 g/mol. The molecule has 1 aliphatic carbocycles. The highest BCUT2D eigenvalue weighted by molar-refractivity contribution is 6.09. The third kappa shape index (κ3) is 4.01. The molecule has 5 amide bonds. The number of aromatic nitrogens is 2. The van der Waals surface area contributed by atoms with Gasteiger partial charge in [-0.2, -0.15) is 5.10 Å². The molecule has 1 spiro atoms. The zero-order valence-electron chi connectivity index (χ0n) is 17.5. The van der Waals surface area contributed by atoms with E-state index in [1.165, 1.54) is 10.9 Å². The molecule has 168 valence electrons. The monoisotopic (exact) mass is 440 g/mol. The van der Waals surface area contributed by atoms with Crippen molar-refractivity contribution >= 4 is 23.8 Å². The first-order valence-corrected chi connectivity index (χ1v) is 10.4. The fourth-order valence-corrected chi connectivity index (χ4v) is 4.02. The third-order valence-electron chi connectivity index (χ3n) is 5.92. The van der Waals surface area contributed by atoms with Gasteiger partial charge >= 0.3 is 6.03 Å². The van der Waals surface area contributed by atoms with Crippen molar-refractivity contribution in [3.05, 3.63) is 42.2 Å². The topological polar surface area (TPSA) is 146 Å². The van der Waals surface area contributed by atoms with E-state index in [4.69, 9.17) is 0 Å². The number of urea groups is 1. The number of rotatable bonds is 4. The van der Waals surface area contributed by atoms with Crippen LogP contribution in [0.4, 0.5) is 4.79 Å². The molecule has 1 aromatic heterocycles. The van der Waals surface area contributed by atoms with Gasteiger partial charge in [0.25, 0.3) is 17.7 Å². The average molecular weight is 440 g/mol. The highest BCUT2D eigenvalue weighted by Crippen LogP contribution is 2.36. The number of amides is 5. The molecule has 1 saturated heterocycles. The lowest BCUT2D eigenvalue weighted by Crippen LogP contribution is -2.50. The van der Waals surface area contributed by atoms with Crippen molar-refractivity contribution in [1.82, 2.24) is 30.8 Å². The van der Waals surface area contributed by atoms with Crippen LogP contribution in [0.1, 0.15) is 43.1 Å². The molecule has 4 N–H and O–H groups in total. The quantitative estimate of drug-likeness (QED) is 0.409. The molecule has 0 bridgehead atoms. The van der Waals surface area contributed by atoms with Gasteiger partial charge in [0.05, 0.1) is 11.9 Å². The van der Waals surface area contributed by atoms with Crippen LogP contribution in [0.15, 0.2) is 36.5 Å². The Morgan fingerprint density at radius 2 is 1.88 bits per heavy atom. The van der Waals surface area contributed by atoms with Crippen LogP contribution in [-0.2, 0) is 9.59 Å². The molecule has 2 heterocycles. The summed E-state index contributed by atoms with van der Waals surface area (Å²) in [6.45, 7) is 1.56. The lowest BCUT2D eigenvalue weighted by Gasteiger charge is -2.33. The molecule has 0 radical (unpaired) electrons. The summed E-state index contributed by atoms with van der Waals surface area (Å²) < 4.78 is 1.32. The molecule has 32 heavy (non-hydrogen) atoms. The van der Waals surface area contributed by atoms with E-state index in [9.17, 15) is 24.3 Å². The summed E-state index contributed by atoms with van der Waals surface area (Å²) in [6.07, 6.45) is 3.99. The number of hydrogen-bond donors (Lipinski definition) is 4. The summed E-state index contributed by atoms with van der Waals surface area (Å²) in [4.78, 5) is 50.6. The predicted molar refractivity (Wildman–Crippen MR) is 111 cm³/mol. The van der Waals surface area contributed by atoms with Gasteiger partial charge in [0.2, 0.25) is 0 Å². The molecule has 2 aliphatic rings. The SMILES string of the molecule is CC1CCC2(CC1)NC(=O)N(CC(=O)NNC(=O)c1nn(-c3ccccc3)cc1O)C2=O. The molecule has 1 saturated carbocycles. The number of para-hydroxylation sites is 1. The summed E-state index contributed by atoms with van der Waals surface area (Å²) in [5.74, 6) is -1.91. The largest absolute Gasteiger partial charge is 0.504 e. The molecule has 2 aromatic rings. The van der Waals surface area contributed by atoms with Crippen LogP contribution in [0.5, 0.6) is 5.75 Å². The van der Waals surface area contributed by atoms with Crippen molar-refractivity contribution in [2.75, 3.05) is 6.54 Å². The summed E-state index contributed by atoms with van der Waals surface area (Å²) in [6, 6.07) is 8.24. The van der Waals surface area contributed by atoms with E-state index < -0.39 is 35.8 Å². The second kappa shape index (κ2) is 8.33. The minimum Gasteiger partial charge on any atom is -0.504 e. The van der Waals surface area contributed by atoms with E-state index >= 15 is 0 Å². The van der Waals surface area contributed by atoms with Crippen molar-refractivity contribution in [2.24, 2.45) is 5.92 Å². The van der Waals surface area contributed by atoms with Crippen LogP contribution in [0, 0.1) is 5.92 Å². The Morgan fingerprint density at radius 3 is 2.56 bits per heavy atom. The zero-order valence-corrected chi connectivity index (χ0v) is 17.5. The van der Waals surface area contributed by atoms with Crippen molar-refractivity contribution < 1.29 is 24.3 Å². The summed E-state index contributed by atoms with van der Waals surface area (Å²) in [5, 5.41) is 16.8. The van der Waals surface area contributed by atoms with Crippen LogP contribution in [0.25, 0.3) is 5.69 Å². The first-order chi connectivity index (χ1) is 15.3. The van der Waals surface area contributed by atoms with Crippen LogP contribution in [0.3, 0.4) is 0 Å². The Balaban J connectivity index is 1.34. The van der Waals surface area contributed by atoms with E-state index in [1.807, 2.05) is 6.07 Å². The van der Waals surface area contributed by atoms with Gasteiger partial charge in [-0.25, -0.2) is 9.48 Å². The molecule has 4 rings (SSSR count). The van der Waals surface area contributed by atoms with Gasteiger partial charge in [-0.3, -0.25) is 30.1 Å². The van der Waals surface area contributed by atoms with Crippen molar-refractivity contribution in [2.45, 2.75) is 38.1 Å². The number of imide groups is 1. The number of benzene rings is 1. The Hall–Kier alpha value is -3.89. The maximum absolute atomic E-state index is 12.8. The molecule has 0 atom stereocenters. The van der Waals surface area contributed by atoms with Crippen molar-refractivity contribution in [3.8, 4) is 11.4 Å². The Kier molecular flexibility index (Phi) is 5.56. The molecule has 11 nitrogen and oxygen atoms in total. The number of nitrogens with zero attached hydrogens (tertiary/aromatic N) is 3. The molecule has 1 aliphatic heterocycles. The number of aromatic hydroxyl groups is 1. The summed E-state index contributed by atoms with van der Waals surface area (Å²) in [5.41, 5.74) is 3.69. The highest BCUT2D eigenvalue weighted by Gasteiger charge is 2.52. The number of carbonyl (C=O) groups excluding carboxylic acids is 4. The maximum atomic E-state index is 12.8. The van der Waals surface area contributed by atoms with Gasteiger partial charge in [0, 0.05) is 0 Å². The molecular formula is C21H24N6O5. The number of hydrazine groups is 1. The average Bonchev–Trinajstić information content (AvgIpc) is 3.28. The van der Waals surface area contributed by atoms with Gasteiger partial charge in [-0.15, -0.1) is 0 Å². The predicted octanol–water partition coefficient (Wildman–Crippen LogP) is 0.840. The van der Waals surface area contributed by atoms with E-state index in [1.54, 1.807) is 24.3 Å². The standard InChI is InChI=1S/C21H24N6O5/c1-13-7-9-21(10-8-13)19(31)26(20(32)22-21)12-16(29)23-24-18(30)17-15(28)11-27(25-17)14-5-3-2-4-6-14/h2-6,11,13,28H,7-10,12H2,1H3,(H,22,32)(H,23,29)(H,24,30). The van der Waals surface area contributed by atoms with Crippen LogP contribution < -0.4 is 16.2 Å². The van der Waals surface area contributed by atoms with Crippen molar-refractivity contribution in [3.63, 3.8) is 0 Å². The number of carbonyl (C=O) groups is 4. The fraction of sp³-hybridized carbons (Fsp3) is 0.381. The van der Waals surface area contributed by atoms with Crippen LogP contribution in [0.2, 0.25) is 0 Å². The van der Waals surface area contributed by atoms with E-state index in [2.05, 4.69) is 28.2 Å². The Bertz CT molecular complexity index is 1060. The Morgan fingerprint density at radius 1 is 1.19 bits per heavy atom. The van der Waals surface area contributed by atoms with Crippen LogP contribution in [-0.4, -0.2) is 55.6 Å². The second-order valence-corrected chi connectivity index (χ2v) is 8.23. The lowest BCUT2D eigenvalue weighted by atomic mass is 9.77. The van der Waals surface area contributed by atoms with Gasteiger partial charge < -0.3 is 10.4 Å². The second-order valence-electron chi connectivity index (χ2n) is 8.23. The molecule has 1 aromatic carbocycles. The molecule has 2 fully saturated rings. The van der Waals surface area contributed by atoms with Gasteiger partial charge in [-0.1, -0.05) is 25.1 Å². The first kappa shape index (κ1) is 21.3. The van der Waals surface area contributed by atoms with E-state index in [-0.39, 0.29) is 11.4 Å². The smallest absolute Gasteiger partial charge is 0.325 e. The normalized spacial score (nSPS) is 22.7. The van der Waals surface area contributed by atoms with Crippen molar-refractivity contribution in [1.29, 1.82) is 0 Å². The van der Waals surface area contributed by atoms with E-state index in [0.717, 1.165) is 17.7 Å². The summed E-state index contributed by atoms with van der Waals surface area (Å²) in [7, 11) is 0. The van der Waals surface area contributed by atoms with E-state index in [0.29, 0.717) is 24.4 Å². The number of nitrogens with one attached hydrogen (secondary N) is 3. The molecule has 0 unspecified atom stereocenters. The lowest BCUT2D eigenvalue weighted by molar-refractivity contribution is -0.136. The van der Waals surface area contributed by atoms with Gasteiger partial charge in [0.1, 0.15) is 12.1 Å². The molecule has 11 heteroatoms. The van der Waals surface area contributed by atoms with Gasteiger partial charge in [0.15, 0.2) is 11.4 Å². The third-order valence-corrected chi connectivity index (χ3v) is 5.92. The Labute approximate surface area is 183 Å². The highest BCUT2D eigenvalue weighted by atomic mass is 16.3. The van der Waals surface area contributed by atoms with Crippen LogP contribution >= 0.6 is 0 Å². The minimum atomic E-state index is -0.941. The van der Waals surface area contributed by atoms with Gasteiger partial charge in [-0.05, 0) is 43.7 Å².